The molecule has 0 aliphatic rings. The molecule has 0 unspecified atom stereocenters. The van der Waals surface area contributed by atoms with E-state index in [9.17, 15) is 8.78 Å². The van der Waals surface area contributed by atoms with Gasteiger partial charge < -0.3 is 4.98 Å². The lowest BCUT2D eigenvalue weighted by Crippen LogP contribution is -2.00. The van der Waals surface area contributed by atoms with Crippen LogP contribution >= 0.6 is 28.1 Å². The standard InChI is InChI=1S/C13H11BrF2N2S/c1-6(2)11-10(14)13(19)18-12(17-11)7-3-8(15)5-9(16)4-7/h3-6H,1-2H3,(H,17,18,19). The summed E-state index contributed by atoms with van der Waals surface area (Å²) in [5, 5.41) is 0. The van der Waals surface area contributed by atoms with Crippen LogP contribution in [0.4, 0.5) is 8.78 Å². The Labute approximate surface area is 123 Å². The van der Waals surface area contributed by atoms with Crippen LogP contribution in [0.2, 0.25) is 0 Å². The maximum atomic E-state index is 13.2. The third kappa shape index (κ3) is 3.06. The normalized spacial score (nSPS) is 11.1. The molecule has 6 heteroatoms. The van der Waals surface area contributed by atoms with Gasteiger partial charge in [0, 0.05) is 17.3 Å². The molecule has 0 saturated heterocycles. The van der Waals surface area contributed by atoms with Gasteiger partial charge in [-0.25, -0.2) is 13.8 Å². The molecule has 1 aromatic carbocycles. The van der Waals surface area contributed by atoms with Gasteiger partial charge in [-0.1, -0.05) is 26.1 Å². The van der Waals surface area contributed by atoms with E-state index in [1.54, 1.807) is 0 Å². The van der Waals surface area contributed by atoms with E-state index < -0.39 is 11.6 Å². The van der Waals surface area contributed by atoms with Crippen molar-refractivity contribution in [2.24, 2.45) is 0 Å². The molecule has 0 bridgehead atoms. The number of nitrogens with zero attached hydrogens (tertiary/aromatic N) is 1. The third-order valence-electron chi connectivity index (χ3n) is 2.60. The van der Waals surface area contributed by atoms with Gasteiger partial charge in [0.2, 0.25) is 0 Å². The molecule has 1 heterocycles. The van der Waals surface area contributed by atoms with Crippen LogP contribution in [0.1, 0.15) is 25.5 Å². The Balaban J connectivity index is 2.66. The lowest BCUT2D eigenvalue weighted by Gasteiger charge is -2.11. The number of halogens is 3. The summed E-state index contributed by atoms with van der Waals surface area (Å²) in [6.07, 6.45) is 0. The molecule has 2 rings (SSSR count). The highest BCUT2D eigenvalue weighted by Gasteiger charge is 2.12. The second-order valence-corrected chi connectivity index (χ2v) is 5.61. The maximum Gasteiger partial charge on any atom is 0.144 e. The second kappa shape index (κ2) is 5.46. The van der Waals surface area contributed by atoms with Crippen molar-refractivity contribution in [3.05, 3.63) is 44.6 Å². The van der Waals surface area contributed by atoms with Crippen LogP contribution in [0.3, 0.4) is 0 Å². The Morgan fingerprint density at radius 3 is 2.32 bits per heavy atom. The van der Waals surface area contributed by atoms with E-state index in [1.807, 2.05) is 13.8 Å². The van der Waals surface area contributed by atoms with E-state index in [0.29, 0.717) is 20.5 Å². The molecule has 2 nitrogen and oxygen atoms in total. The van der Waals surface area contributed by atoms with Crippen molar-refractivity contribution in [2.75, 3.05) is 0 Å². The molecule has 1 N–H and O–H groups in total. The highest BCUT2D eigenvalue weighted by Crippen LogP contribution is 2.26. The fraction of sp³-hybridized carbons (Fsp3) is 0.231. The summed E-state index contributed by atoms with van der Waals surface area (Å²) < 4.78 is 27.5. The molecular formula is C13H11BrF2N2S. The van der Waals surface area contributed by atoms with Gasteiger partial charge in [0.05, 0.1) is 4.47 Å². The summed E-state index contributed by atoms with van der Waals surface area (Å²) in [5.41, 5.74) is 1.18. The van der Waals surface area contributed by atoms with Crippen LogP contribution in [-0.2, 0) is 0 Å². The molecule has 0 aliphatic heterocycles. The number of benzene rings is 1. The van der Waals surface area contributed by atoms with Gasteiger partial charge in [0.25, 0.3) is 0 Å². The summed E-state index contributed by atoms with van der Waals surface area (Å²) in [6, 6.07) is 3.25. The van der Waals surface area contributed by atoms with Gasteiger partial charge >= 0.3 is 0 Å². The van der Waals surface area contributed by atoms with E-state index in [2.05, 4.69) is 25.9 Å². The summed E-state index contributed by atoms with van der Waals surface area (Å²) in [5.74, 6) is -0.762. The fourth-order valence-corrected chi connectivity index (χ4v) is 2.55. The third-order valence-corrected chi connectivity index (χ3v) is 3.96. The second-order valence-electron chi connectivity index (χ2n) is 4.43. The van der Waals surface area contributed by atoms with E-state index in [1.165, 1.54) is 12.1 Å². The average molecular weight is 345 g/mol. The van der Waals surface area contributed by atoms with Gasteiger partial charge in [0.1, 0.15) is 22.1 Å². The molecule has 1 aromatic heterocycles. The Morgan fingerprint density at radius 2 is 1.79 bits per heavy atom. The molecule has 0 fully saturated rings. The molecule has 0 amide bonds. The van der Waals surface area contributed by atoms with Gasteiger partial charge in [-0.05, 0) is 34.0 Å². The molecular weight excluding hydrogens is 334 g/mol. The largest absolute Gasteiger partial charge is 0.342 e. The number of aromatic amines is 1. The van der Waals surface area contributed by atoms with Gasteiger partial charge in [-0.3, -0.25) is 0 Å². The predicted octanol–water partition coefficient (Wildman–Crippen LogP) is 4.97. The molecule has 0 spiro atoms. The number of nitrogens with one attached hydrogen (secondary N) is 1. The minimum atomic E-state index is -0.648. The summed E-state index contributed by atoms with van der Waals surface area (Å²) in [6.45, 7) is 3.97. The van der Waals surface area contributed by atoms with Crippen molar-refractivity contribution in [2.45, 2.75) is 19.8 Å². The van der Waals surface area contributed by atoms with Crippen molar-refractivity contribution in [1.82, 2.24) is 9.97 Å². The monoisotopic (exact) mass is 344 g/mol. The zero-order valence-electron chi connectivity index (χ0n) is 10.3. The Hall–Kier alpha value is -1.14. The van der Waals surface area contributed by atoms with Crippen LogP contribution in [0.15, 0.2) is 22.7 Å². The number of hydrogen-bond donors (Lipinski definition) is 1. The smallest absolute Gasteiger partial charge is 0.144 e. The van der Waals surface area contributed by atoms with Crippen molar-refractivity contribution < 1.29 is 8.78 Å². The summed E-state index contributed by atoms with van der Waals surface area (Å²) >= 11 is 8.52. The zero-order chi connectivity index (χ0) is 14.2. The van der Waals surface area contributed by atoms with Crippen molar-refractivity contribution >= 4 is 28.1 Å². The minimum absolute atomic E-state index is 0.177. The predicted molar refractivity (Wildman–Crippen MR) is 76.6 cm³/mol. The number of rotatable bonds is 2. The van der Waals surface area contributed by atoms with Gasteiger partial charge in [-0.2, -0.15) is 0 Å². The van der Waals surface area contributed by atoms with Crippen LogP contribution in [0, 0.1) is 16.3 Å². The molecule has 0 atom stereocenters. The summed E-state index contributed by atoms with van der Waals surface area (Å²) in [7, 11) is 0. The first-order valence-electron chi connectivity index (χ1n) is 5.64. The highest BCUT2D eigenvalue weighted by molar-refractivity contribution is 9.10. The first-order valence-corrected chi connectivity index (χ1v) is 6.84. The number of hydrogen-bond acceptors (Lipinski definition) is 2. The Morgan fingerprint density at radius 1 is 1.21 bits per heavy atom. The minimum Gasteiger partial charge on any atom is -0.342 e. The number of H-pyrrole nitrogens is 1. The Bertz CT molecular complexity index is 663. The van der Waals surface area contributed by atoms with Crippen molar-refractivity contribution in [1.29, 1.82) is 0 Å². The quantitative estimate of drug-likeness (QED) is 0.779. The van der Waals surface area contributed by atoms with Crippen LogP contribution in [-0.4, -0.2) is 9.97 Å². The first kappa shape index (κ1) is 14.3. The zero-order valence-corrected chi connectivity index (χ0v) is 12.7. The SMILES string of the molecule is CC(C)c1[nH]c(-c2cc(F)cc(F)c2)nc(=S)c1Br. The van der Waals surface area contributed by atoms with Gasteiger partial charge in [-0.15, -0.1) is 0 Å². The fourth-order valence-electron chi connectivity index (χ4n) is 1.70. The first-order chi connectivity index (χ1) is 8.88. The topological polar surface area (TPSA) is 28.7 Å². The highest BCUT2D eigenvalue weighted by atomic mass is 79.9. The van der Waals surface area contributed by atoms with E-state index in [-0.39, 0.29) is 5.92 Å². The van der Waals surface area contributed by atoms with Crippen molar-refractivity contribution in [3.63, 3.8) is 0 Å². The Kier molecular flexibility index (Phi) is 4.10. The van der Waals surface area contributed by atoms with Crippen LogP contribution < -0.4 is 0 Å². The molecule has 100 valence electrons. The number of aromatic nitrogens is 2. The lowest BCUT2D eigenvalue weighted by molar-refractivity contribution is 0.584. The van der Waals surface area contributed by atoms with Crippen molar-refractivity contribution in [3.8, 4) is 11.4 Å². The van der Waals surface area contributed by atoms with E-state index >= 15 is 0 Å². The molecule has 0 saturated carbocycles. The molecule has 0 radical (unpaired) electrons. The maximum absolute atomic E-state index is 13.2. The van der Waals surface area contributed by atoms with E-state index in [0.717, 1.165) is 11.8 Å². The van der Waals surface area contributed by atoms with E-state index in [4.69, 9.17) is 12.2 Å². The molecule has 2 aromatic rings. The van der Waals surface area contributed by atoms with Gasteiger partial charge in [0.15, 0.2) is 0 Å². The lowest BCUT2D eigenvalue weighted by atomic mass is 10.1. The molecule has 19 heavy (non-hydrogen) atoms. The molecule has 0 aliphatic carbocycles. The summed E-state index contributed by atoms with van der Waals surface area (Å²) in [4.78, 5) is 7.21. The van der Waals surface area contributed by atoms with Crippen LogP contribution in [0.5, 0.6) is 0 Å². The van der Waals surface area contributed by atoms with Crippen LogP contribution in [0.25, 0.3) is 11.4 Å². The average Bonchev–Trinajstić information content (AvgIpc) is 2.30.